The Hall–Kier alpha value is -4.90. The molecule has 4 fully saturated rings. The highest BCUT2D eigenvalue weighted by Crippen LogP contribution is 2.29. The lowest BCUT2D eigenvalue weighted by molar-refractivity contribution is -0.163. The summed E-state index contributed by atoms with van der Waals surface area (Å²) < 4.78 is 20.6. The number of benzene rings is 2. The molecule has 4 aliphatic heterocycles. The average Bonchev–Trinajstić information content (AvgIpc) is 3.84. The molecule has 0 spiro atoms. The average molecular weight is 842 g/mol. The number of hydrogen-bond acceptors (Lipinski definition) is 9. The minimum Gasteiger partial charge on any atom is -0.458 e. The predicted octanol–water partition coefficient (Wildman–Crippen LogP) is 2.63. The minimum atomic E-state index is -1.55. The number of urea groups is 1. The second-order valence-electron chi connectivity index (χ2n) is 15.5. The fourth-order valence-electron chi connectivity index (χ4n) is 8.03. The van der Waals surface area contributed by atoms with E-state index in [9.17, 15) is 38.0 Å². The van der Waals surface area contributed by atoms with Gasteiger partial charge in [0, 0.05) is 42.6 Å². The first-order valence-corrected chi connectivity index (χ1v) is 21.0. The summed E-state index contributed by atoms with van der Waals surface area (Å²) in [4.78, 5) is 102. The Morgan fingerprint density at radius 3 is 2.47 bits per heavy atom. The molecule has 7 amide bonds. The number of cyclic esters (lactones) is 1. The van der Waals surface area contributed by atoms with Gasteiger partial charge in [-0.25, -0.2) is 14.0 Å². The molecule has 4 N–H and O–H groups in total. The molecule has 312 valence electrons. The van der Waals surface area contributed by atoms with Gasteiger partial charge in [-0.2, -0.15) is 11.8 Å². The Morgan fingerprint density at radius 2 is 1.72 bits per heavy atom. The summed E-state index contributed by atoms with van der Waals surface area (Å²) in [7, 11) is 0. The zero-order valence-electron chi connectivity index (χ0n) is 32.8. The van der Waals surface area contributed by atoms with Crippen molar-refractivity contribution in [2.75, 3.05) is 36.5 Å². The van der Waals surface area contributed by atoms with E-state index in [4.69, 9.17) is 16.3 Å². The van der Waals surface area contributed by atoms with Gasteiger partial charge in [0.25, 0.3) is 0 Å². The number of halogens is 2. The first kappa shape index (κ1) is 42.7. The number of ether oxygens (including phenoxy) is 1. The Labute approximate surface area is 345 Å². The maximum Gasteiger partial charge on any atom is 0.329 e. The molecule has 8 atom stereocenters. The fourth-order valence-corrected chi connectivity index (χ4v) is 9.24. The van der Waals surface area contributed by atoms with Crippen molar-refractivity contribution in [3.05, 3.63) is 64.4 Å². The van der Waals surface area contributed by atoms with Gasteiger partial charge in [-0.1, -0.05) is 48.4 Å². The molecule has 0 aromatic heterocycles. The van der Waals surface area contributed by atoms with Crippen LogP contribution < -0.4 is 21.3 Å². The molecule has 0 unspecified atom stereocenters. The van der Waals surface area contributed by atoms with Gasteiger partial charge in [0.2, 0.25) is 29.5 Å². The summed E-state index contributed by atoms with van der Waals surface area (Å²) >= 11 is 7.38. The smallest absolute Gasteiger partial charge is 0.329 e. The summed E-state index contributed by atoms with van der Waals surface area (Å²) in [5, 5.41) is 10.6. The highest BCUT2D eigenvalue weighted by molar-refractivity contribution is 7.99. The molecule has 2 aromatic carbocycles. The SMILES string of the molecule is Cc1cccc(C[C@H](NC(=O)Nc2ccc(Cl)cc2F)C(=O)N[C@@H]2C(=O)N3CCC[C@H]3C(=O)N3CCSC[C@H]3C(=O)N[C@@H](C)C(=O)N3C[C@H](C)C[C@H]3C(=O)O[C@H]2C)c1. The van der Waals surface area contributed by atoms with Crippen molar-refractivity contribution in [1.29, 1.82) is 0 Å². The first-order chi connectivity index (χ1) is 27.6. The number of amides is 7. The lowest BCUT2D eigenvalue weighted by atomic mass is 10.0. The van der Waals surface area contributed by atoms with E-state index in [2.05, 4.69) is 21.3 Å². The number of aryl methyl sites for hydroxylation is 1. The van der Waals surface area contributed by atoms with Crippen LogP contribution in [0.15, 0.2) is 42.5 Å². The van der Waals surface area contributed by atoms with Crippen LogP contribution in [0.2, 0.25) is 5.02 Å². The van der Waals surface area contributed by atoms with Gasteiger partial charge in [-0.3, -0.25) is 24.0 Å². The van der Waals surface area contributed by atoms with Crippen LogP contribution in [0.3, 0.4) is 0 Å². The zero-order valence-corrected chi connectivity index (χ0v) is 34.4. The minimum absolute atomic E-state index is 0.0461. The quantitative estimate of drug-likeness (QED) is 0.318. The van der Waals surface area contributed by atoms with Gasteiger partial charge in [-0.05, 0) is 69.7 Å². The normalized spacial score (nSPS) is 27.5. The van der Waals surface area contributed by atoms with Gasteiger partial charge >= 0.3 is 12.0 Å². The first-order valence-electron chi connectivity index (χ1n) is 19.5. The van der Waals surface area contributed by atoms with Gasteiger partial charge in [0.05, 0.1) is 5.69 Å². The molecule has 15 nitrogen and oxygen atoms in total. The second-order valence-corrected chi connectivity index (χ2v) is 17.1. The number of nitrogens with zero attached hydrogens (tertiary/aromatic N) is 3. The lowest BCUT2D eigenvalue weighted by Crippen LogP contribution is -2.63. The number of carbonyl (C=O) groups is 7. The molecular weight excluding hydrogens is 793 g/mol. The van der Waals surface area contributed by atoms with Gasteiger partial charge in [-0.15, -0.1) is 0 Å². The number of rotatable bonds is 6. The van der Waals surface area contributed by atoms with Crippen molar-refractivity contribution in [1.82, 2.24) is 30.7 Å². The van der Waals surface area contributed by atoms with Crippen molar-refractivity contribution in [2.24, 2.45) is 5.92 Å². The van der Waals surface area contributed by atoms with Crippen molar-refractivity contribution >= 4 is 70.6 Å². The third-order valence-electron chi connectivity index (χ3n) is 11.0. The van der Waals surface area contributed by atoms with E-state index in [1.807, 2.05) is 26.0 Å². The number of fused-ring (bicyclic) bond motifs is 3. The summed E-state index contributed by atoms with van der Waals surface area (Å²) in [6.45, 7) is 7.35. The van der Waals surface area contributed by atoms with Crippen LogP contribution in [0.4, 0.5) is 14.9 Å². The Bertz CT molecular complexity index is 1960. The largest absolute Gasteiger partial charge is 0.458 e. The van der Waals surface area contributed by atoms with Crippen LogP contribution in [0.25, 0.3) is 0 Å². The third-order valence-corrected chi connectivity index (χ3v) is 12.2. The maximum atomic E-state index is 14.7. The number of anilines is 1. The number of nitrogens with one attached hydrogen (secondary N) is 4. The van der Waals surface area contributed by atoms with E-state index in [0.717, 1.165) is 11.6 Å². The second kappa shape index (κ2) is 18.4. The molecule has 18 heteroatoms. The van der Waals surface area contributed by atoms with E-state index in [0.29, 0.717) is 24.2 Å². The van der Waals surface area contributed by atoms with Crippen molar-refractivity contribution in [3.8, 4) is 0 Å². The predicted molar refractivity (Wildman–Crippen MR) is 214 cm³/mol. The molecule has 0 aliphatic carbocycles. The van der Waals surface area contributed by atoms with Crippen molar-refractivity contribution in [2.45, 2.75) is 95.7 Å². The summed E-state index contributed by atoms with van der Waals surface area (Å²) in [5.41, 5.74) is 1.36. The van der Waals surface area contributed by atoms with Crippen molar-refractivity contribution < 1.29 is 42.7 Å². The maximum absolute atomic E-state index is 14.7. The topological polar surface area (TPSA) is 187 Å². The van der Waals surface area contributed by atoms with Crippen LogP contribution >= 0.6 is 23.4 Å². The third kappa shape index (κ3) is 9.68. The van der Waals surface area contributed by atoms with Crippen LogP contribution in [0.1, 0.15) is 51.2 Å². The monoisotopic (exact) mass is 841 g/mol. The number of thioether (sulfide) groups is 1. The highest BCUT2D eigenvalue weighted by Gasteiger charge is 2.47. The summed E-state index contributed by atoms with van der Waals surface area (Å²) in [6.07, 6.45) is -0.343. The van der Waals surface area contributed by atoms with Crippen LogP contribution in [-0.4, -0.2) is 130 Å². The fraction of sp³-hybridized carbons (Fsp3) is 0.525. The molecule has 58 heavy (non-hydrogen) atoms. The van der Waals surface area contributed by atoms with Crippen LogP contribution in [-0.2, 0) is 39.9 Å². The lowest BCUT2D eigenvalue weighted by Gasteiger charge is -2.39. The van der Waals surface area contributed by atoms with Gasteiger partial charge in [0.1, 0.15) is 48.2 Å². The number of carbonyl (C=O) groups excluding carboxylic acids is 7. The molecule has 4 saturated heterocycles. The van der Waals surface area contributed by atoms with Gasteiger partial charge in [0.15, 0.2) is 0 Å². The summed E-state index contributed by atoms with van der Waals surface area (Å²) in [5.74, 6) is -3.80. The molecule has 0 radical (unpaired) electrons. The van der Waals surface area contributed by atoms with E-state index in [1.165, 1.54) is 52.4 Å². The molecule has 6 rings (SSSR count). The van der Waals surface area contributed by atoms with Crippen LogP contribution in [0, 0.1) is 18.7 Å². The van der Waals surface area contributed by atoms with E-state index >= 15 is 0 Å². The van der Waals surface area contributed by atoms with E-state index < -0.39 is 89.7 Å². The van der Waals surface area contributed by atoms with E-state index in [1.54, 1.807) is 12.1 Å². The standard InChI is InChI=1S/C40H49ClFN7O8S/c1-21-7-5-8-25(15-21)17-29(45-40(56)44-28-11-10-26(41)18-27(28)42)34(50)46-33-24(4)57-39(55)31-16-22(2)19-49(31)36(52)23(3)43-35(51)32-20-58-14-13-48(32)37(53)30-9-6-12-47(30)38(33)54/h5,7-8,10-11,15,18,22-24,29-33H,6,9,12-14,16-17,19-20H2,1-4H3,(H,43,51)(H,46,50)(H2,44,45,56)/t22-,23+,24+,29+,30+,31+,32+,33+/m1/s1. The molecule has 0 saturated carbocycles. The highest BCUT2D eigenvalue weighted by atomic mass is 35.5. The molecular formula is C40H49ClFN7O8S. The van der Waals surface area contributed by atoms with E-state index in [-0.39, 0.29) is 54.9 Å². The summed E-state index contributed by atoms with van der Waals surface area (Å²) in [6, 6.07) is 3.19. The zero-order chi connectivity index (χ0) is 41.8. The molecule has 4 heterocycles. The van der Waals surface area contributed by atoms with Crippen molar-refractivity contribution in [3.63, 3.8) is 0 Å². The van der Waals surface area contributed by atoms with Crippen LogP contribution in [0.5, 0.6) is 0 Å². The Morgan fingerprint density at radius 1 is 0.966 bits per heavy atom. The molecule has 0 bridgehead atoms. The van der Waals surface area contributed by atoms with Gasteiger partial charge < -0.3 is 40.7 Å². The number of esters is 1. The molecule has 2 aromatic rings. The molecule has 4 aliphatic rings. The Kier molecular flexibility index (Phi) is 13.5. The number of hydrogen-bond donors (Lipinski definition) is 4. The Balaban J connectivity index is 1.33.